The number of sulfonamides is 1. The number of carbonyl (C=O) groups is 1. The standard InChI is InChI=1S/C29H34Cl2N4O4S/c1-3-33(4-2)15-16-34-17-19-35(20-18-34)29(36)22-9-12-24(13-10-22)40(37,38)32-27-7-5-6-8-28(27)39-23-11-14-25(30)26(31)21-23/h5-14,21,32H,3-4,15-20H2,1-2H3. The number of hydrogen-bond acceptors (Lipinski definition) is 6. The zero-order valence-electron chi connectivity index (χ0n) is 22.6. The molecule has 3 aromatic carbocycles. The summed E-state index contributed by atoms with van der Waals surface area (Å²) >= 11 is 12.1. The highest BCUT2D eigenvalue weighted by molar-refractivity contribution is 7.92. The van der Waals surface area contributed by atoms with Gasteiger partial charge in [-0.25, -0.2) is 8.42 Å². The number of nitrogens with one attached hydrogen (secondary N) is 1. The van der Waals surface area contributed by atoms with Crippen LogP contribution < -0.4 is 9.46 Å². The molecule has 1 amide bonds. The topological polar surface area (TPSA) is 82.2 Å². The first-order valence-electron chi connectivity index (χ1n) is 13.3. The molecule has 0 aromatic heterocycles. The molecule has 0 radical (unpaired) electrons. The third-order valence-electron chi connectivity index (χ3n) is 6.95. The van der Waals surface area contributed by atoms with Gasteiger partial charge in [0.2, 0.25) is 0 Å². The molecule has 1 N–H and O–H groups in total. The molecule has 1 heterocycles. The van der Waals surface area contributed by atoms with Crippen molar-refractivity contribution >= 4 is 44.8 Å². The van der Waals surface area contributed by atoms with Gasteiger partial charge in [0.05, 0.1) is 20.6 Å². The van der Waals surface area contributed by atoms with Crippen LogP contribution in [-0.2, 0) is 10.0 Å². The van der Waals surface area contributed by atoms with E-state index in [9.17, 15) is 13.2 Å². The summed E-state index contributed by atoms with van der Waals surface area (Å²) in [6, 6.07) is 17.5. The predicted octanol–water partition coefficient (Wildman–Crippen LogP) is 5.69. The first-order valence-corrected chi connectivity index (χ1v) is 15.5. The van der Waals surface area contributed by atoms with E-state index in [0.29, 0.717) is 40.2 Å². The largest absolute Gasteiger partial charge is 0.455 e. The lowest BCUT2D eigenvalue weighted by molar-refractivity contribution is 0.0624. The van der Waals surface area contributed by atoms with Crippen molar-refractivity contribution in [2.24, 2.45) is 0 Å². The summed E-state index contributed by atoms with van der Waals surface area (Å²) in [7, 11) is -3.95. The number of benzene rings is 3. The number of carbonyl (C=O) groups excluding carboxylic acids is 1. The van der Waals surface area contributed by atoms with Gasteiger partial charge in [-0.05, 0) is 61.6 Å². The Kier molecular flexibility index (Phi) is 10.3. The number of para-hydroxylation sites is 2. The average molecular weight is 606 g/mol. The Bertz CT molecular complexity index is 1410. The van der Waals surface area contributed by atoms with E-state index >= 15 is 0 Å². The lowest BCUT2D eigenvalue weighted by Crippen LogP contribution is -2.50. The number of anilines is 1. The molecule has 1 aliphatic heterocycles. The number of ether oxygens (including phenoxy) is 1. The molecule has 0 spiro atoms. The molecule has 214 valence electrons. The number of likely N-dealkylation sites (N-methyl/N-ethyl adjacent to an activating group) is 1. The lowest BCUT2D eigenvalue weighted by atomic mass is 10.2. The Morgan fingerprint density at radius 2 is 1.60 bits per heavy atom. The van der Waals surface area contributed by atoms with Crippen molar-refractivity contribution in [3.05, 3.63) is 82.3 Å². The van der Waals surface area contributed by atoms with Crippen molar-refractivity contribution in [1.29, 1.82) is 0 Å². The van der Waals surface area contributed by atoms with Crippen LogP contribution in [0, 0.1) is 0 Å². The van der Waals surface area contributed by atoms with Crippen LogP contribution in [0.5, 0.6) is 11.5 Å². The monoisotopic (exact) mass is 604 g/mol. The molecule has 3 aromatic rings. The maximum Gasteiger partial charge on any atom is 0.262 e. The third kappa shape index (κ3) is 7.67. The van der Waals surface area contributed by atoms with Crippen LogP contribution in [0.15, 0.2) is 71.6 Å². The lowest BCUT2D eigenvalue weighted by Gasteiger charge is -2.35. The number of nitrogens with zero attached hydrogens (tertiary/aromatic N) is 3. The number of amides is 1. The van der Waals surface area contributed by atoms with Crippen LogP contribution >= 0.6 is 23.2 Å². The molecule has 40 heavy (non-hydrogen) atoms. The van der Waals surface area contributed by atoms with E-state index in [1.54, 1.807) is 54.6 Å². The second-order valence-corrected chi connectivity index (χ2v) is 12.0. The van der Waals surface area contributed by atoms with Gasteiger partial charge in [0.25, 0.3) is 15.9 Å². The van der Waals surface area contributed by atoms with E-state index in [2.05, 4.69) is 28.4 Å². The van der Waals surface area contributed by atoms with Gasteiger partial charge >= 0.3 is 0 Å². The smallest absolute Gasteiger partial charge is 0.262 e. The fourth-order valence-electron chi connectivity index (χ4n) is 4.47. The van der Waals surface area contributed by atoms with E-state index < -0.39 is 10.0 Å². The van der Waals surface area contributed by atoms with E-state index in [-0.39, 0.29) is 16.5 Å². The van der Waals surface area contributed by atoms with Gasteiger partial charge < -0.3 is 14.5 Å². The molecule has 8 nitrogen and oxygen atoms in total. The Labute approximate surface area is 246 Å². The maximum atomic E-state index is 13.2. The maximum absolute atomic E-state index is 13.2. The summed E-state index contributed by atoms with van der Waals surface area (Å²) in [5, 5.41) is 0.710. The zero-order valence-corrected chi connectivity index (χ0v) is 25.0. The number of rotatable bonds is 11. The van der Waals surface area contributed by atoms with Gasteiger partial charge in [0.15, 0.2) is 5.75 Å². The van der Waals surface area contributed by atoms with E-state index in [4.69, 9.17) is 27.9 Å². The Morgan fingerprint density at radius 3 is 2.25 bits per heavy atom. The molecule has 0 aliphatic carbocycles. The summed E-state index contributed by atoms with van der Waals surface area (Å²) in [5.41, 5.74) is 0.714. The molecule has 0 unspecified atom stereocenters. The highest BCUT2D eigenvalue weighted by Gasteiger charge is 2.23. The molecule has 11 heteroatoms. The summed E-state index contributed by atoms with van der Waals surface area (Å²) < 4.78 is 34.8. The summed E-state index contributed by atoms with van der Waals surface area (Å²) in [6.45, 7) is 11.4. The van der Waals surface area contributed by atoms with Crippen molar-refractivity contribution in [3.63, 3.8) is 0 Å². The van der Waals surface area contributed by atoms with Gasteiger partial charge in [0, 0.05) is 50.9 Å². The van der Waals surface area contributed by atoms with Crippen LogP contribution in [0.3, 0.4) is 0 Å². The second-order valence-electron chi connectivity index (χ2n) is 9.46. The Hall–Kier alpha value is -2.82. The molecular weight excluding hydrogens is 571 g/mol. The average Bonchev–Trinajstić information content (AvgIpc) is 2.96. The van der Waals surface area contributed by atoms with Crippen LogP contribution in [0.4, 0.5) is 5.69 Å². The molecule has 1 saturated heterocycles. The Balaban J connectivity index is 1.38. The van der Waals surface area contributed by atoms with Gasteiger partial charge in [-0.15, -0.1) is 0 Å². The molecule has 1 aliphatic rings. The Morgan fingerprint density at radius 1 is 0.925 bits per heavy atom. The number of halogens is 2. The van der Waals surface area contributed by atoms with Gasteiger partial charge in [-0.1, -0.05) is 49.2 Å². The molecule has 1 fully saturated rings. The van der Waals surface area contributed by atoms with Gasteiger partial charge in [-0.3, -0.25) is 14.4 Å². The fourth-order valence-corrected chi connectivity index (χ4v) is 5.83. The van der Waals surface area contributed by atoms with Crippen molar-refractivity contribution in [2.45, 2.75) is 18.7 Å². The summed E-state index contributed by atoms with van der Waals surface area (Å²) in [4.78, 5) is 19.7. The summed E-state index contributed by atoms with van der Waals surface area (Å²) in [6.07, 6.45) is 0. The first kappa shape index (κ1) is 30.1. The summed E-state index contributed by atoms with van der Waals surface area (Å²) in [5.74, 6) is 0.613. The number of piperazine rings is 1. The van der Waals surface area contributed by atoms with Crippen molar-refractivity contribution in [1.82, 2.24) is 14.7 Å². The van der Waals surface area contributed by atoms with Crippen molar-refractivity contribution in [3.8, 4) is 11.5 Å². The third-order valence-corrected chi connectivity index (χ3v) is 9.07. The second kappa shape index (κ2) is 13.7. The zero-order chi connectivity index (χ0) is 28.7. The van der Waals surface area contributed by atoms with Crippen LogP contribution in [0.2, 0.25) is 10.0 Å². The molecule has 4 rings (SSSR count). The minimum atomic E-state index is -3.95. The van der Waals surface area contributed by atoms with Gasteiger partial charge in [0.1, 0.15) is 5.75 Å². The normalized spacial score (nSPS) is 14.4. The highest BCUT2D eigenvalue weighted by Crippen LogP contribution is 2.34. The molecule has 0 bridgehead atoms. The van der Waals surface area contributed by atoms with E-state index in [0.717, 1.165) is 39.3 Å². The molecular formula is C29H34Cl2N4O4S. The predicted molar refractivity (Wildman–Crippen MR) is 160 cm³/mol. The van der Waals surface area contributed by atoms with Crippen molar-refractivity contribution in [2.75, 3.05) is 57.1 Å². The minimum Gasteiger partial charge on any atom is -0.455 e. The first-order chi connectivity index (χ1) is 19.2. The quantitative estimate of drug-likeness (QED) is 0.303. The fraction of sp³-hybridized carbons (Fsp3) is 0.345. The highest BCUT2D eigenvalue weighted by atomic mass is 35.5. The number of hydrogen-bond donors (Lipinski definition) is 1. The van der Waals surface area contributed by atoms with E-state index in [1.807, 2.05) is 4.90 Å². The van der Waals surface area contributed by atoms with E-state index in [1.165, 1.54) is 12.1 Å². The minimum absolute atomic E-state index is 0.0367. The molecule has 0 atom stereocenters. The van der Waals surface area contributed by atoms with Crippen LogP contribution in [-0.4, -0.2) is 81.4 Å². The SMILES string of the molecule is CCN(CC)CCN1CCN(C(=O)c2ccc(S(=O)(=O)Nc3ccccc3Oc3ccc(Cl)c(Cl)c3)cc2)CC1. The van der Waals surface area contributed by atoms with Crippen molar-refractivity contribution < 1.29 is 17.9 Å². The molecule has 0 saturated carbocycles. The van der Waals surface area contributed by atoms with Crippen LogP contribution in [0.1, 0.15) is 24.2 Å². The van der Waals surface area contributed by atoms with Crippen LogP contribution in [0.25, 0.3) is 0 Å². The van der Waals surface area contributed by atoms with Gasteiger partial charge in [-0.2, -0.15) is 0 Å².